The van der Waals surface area contributed by atoms with Crippen LogP contribution in [0, 0.1) is 0 Å². The van der Waals surface area contributed by atoms with E-state index in [0.29, 0.717) is 19.4 Å². The second-order valence-electron chi connectivity index (χ2n) is 21.7. The summed E-state index contributed by atoms with van der Waals surface area (Å²) in [6, 6.07) is 0. The minimum absolute atomic E-state index is 0.0841. The lowest BCUT2D eigenvalue weighted by Crippen LogP contribution is -2.30. The Balaban J connectivity index is 4.25. The van der Waals surface area contributed by atoms with Gasteiger partial charge >= 0.3 is 11.9 Å². The van der Waals surface area contributed by atoms with E-state index in [1.807, 2.05) is 0 Å². The van der Waals surface area contributed by atoms with Crippen molar-refractivity contribution in [1.82, 2.24) is 0 Å². The Morgan fingerprint density at radius 1 is 0.306 bits per heavy atom. The highest BCUT2D eigenvalue weighted by Gasteiger charge is 2.18. The van der Waals surface area contributed by atoms with E-state index in [0.717, 1.165) is 51.4 Å². The lowest BCUT2D eigenvalue weighted by molar-refractivity contribution is -0.163. The number of hydrogen-bond donors (Lipinski definition) is 0. The van der Waals surface area contributed by atoms with Crippen LogP contribution < -0.4 is 0 Å². The summed E-state index contributed by atoms with van der Waals surface area (Å²) in [6.07, 6.45) is 80.0. The van der Waals surface area contributed by atoms with Gasteiger partial charge in [-0.05, 0) is 83.5 Å². The fraction of sp³-hybridized carbons (Fsp3) is 0.851. The van der Waals surface area contributed by atoms with Crippen molar-refractivity contribution in [3.05, 3.63) is 48.6 Å². The number of esters is 2. The first-order valence-electron chi connectivity index (χ1n) is 32.2. The largest absolute Gasteiger partial charge is 0.462 e. The molecule has 0 N–H and O–H groups in total. The van der Waals surface area contributed by atoms with E-state index in [1.54, 1.807) is 0 Å². The molecule has 1 unspecified atom stereocenters. The van der Waals surface area contributed by atoms with Gasteiger partial charge in [-0.25, -0.2) is 0 Å². The molecule has 0 aliphatic heterocycles. The second kappa shape index (κ2) is 63.2. The van der Waals surface area contributed by atoms with Gasteiger partial charge in [0.15, 0.2) is 6.10 Å². The Bertz CT molecular complexity index is 1190. The highest BCUT2D eigenvalue weighted by atomic mass is 16.6. The normalized spacial score (nSPS) is 12.4. The molecule has 0 saturated heterocycles. The van der Waals surface area contributed by atoms with Crippen molar-refractivity contribution in [2.45, 2.75) is 348 Å². The van der Waals surface area contributed by atoms with Gasteiger partial charge in [0.1, 0.15) is 6.61 Å². The predicted molar refractivity (Wildman–Crippen MR) is 316 cm³/mol. The van der Waals surface area contributed by atoms with Gasteiger partial charge in [-0.1, -0.05) is 294 Å². The van der Waals surface area contributed by atoms with Gasteiger partial charge in [-0.3, -0.25) is 9.59 Å². The fourth-order valence-electron chi connectivity index (χ4n) is 9.52. The SMILES string of the molecule is CCCCC/C=C\C/C=C\CCCCCCCCCCCC(=O)OCC(COCCCCCCCCCCCCCCCCCCCCCC)OC(=O)CCCCCCCCC/C=C\C/C=C\CCCCC. The standard InChI is InChI=1S/C67H124O5/c1-4-7-10-13-16-19-22-25-28-31-33-35-38-41-44-47-50-53-56-59-62-70-63-65(72-67(69)61-58-55-52-49-46-43-40-36-30-27-24-21-18-15-12-9-6-3)64-71-66(68)60-57-54-51-48-45-42-39-37-34-32-29-26-23-20-17-14-11-8-5-2/h17-18,20-21,26-27,29-30,65H,4-16,19,22-25,28,31-64H2,1-3H3/b20-17-,21-18-,29-26-,30-27-. The zero-order valence-corrected chi connectivity index (χ0v) is 48.7. The van der Waals surface area contributed by atoms with Crippen molar-refractivity contribution >= 4 is 11.9 Å². The number of carbonyl (C=O) groups is 2. The molecule has 0 bridgehead atoms. The Hall–Kier alpha value is -2.14. The highest BCUT2D eigenvalue weighted by molar-refractivity contribution is 5.70. The summed E-state index contributed by atoms with van der Waals surface area (Å²) < 4.78 is 17.6. The zero-order valence-electron chi connectivity index (χ0n) is 48.7. The van der Waals surface area contributed by atoms with E-state index >= 15 is 0 Å². The molecule has 0 amide bonds. The maximum atomic E-state index is 12.9. The van der Waals surface area contributed by atoms with Crippen molar-refractivity contribution in [3.8, 4) is 0 Å². The first-order valence-corrected chi connectivity index (χ1v) is 32.2. The molecule has 0 aromatic rings. The average Bonchev–Trinajstić information content (AvgIpc) is 3.38. The Kier molecular flexibility index (Phi) is 61.3. The third-order valence-electron chi connectivity index (χ3n) is 14.3. The minimum Gasteiger partial charge on any atom is -0.462 e. The first-order chi connectivity index (χ1) is 35.6. The molecule has 0 saturated carbocycles. The number of ether oxygens (including phenoxy) is 3. The van der Waals surface area contributed by atoms with Crippen molar-refractivity contribution in [2.75, 3.05) is 19.8 Å². The third-order valence-corrected chi connectivity index (χ3v) is 14.3. The lowest BCUT2D eigenvalue weighted by atomic mass is 10.0. The second-order valence-corrected chi connectivity index (χ2v) is 21.7. The number of rotatable bonds is 60. The van der Waals surface area contributed by atoms with E-state index < -0.39 is 6.10 Å². The van der Waals surface area contributed by atoms with Crippen molar-refractivity contribution < 1.29 is 23.8 Å². The third kappa shape index (κ3) is 60.4. The Labute approximate surface area is 450 Å². The van der Waals surface area contributed by atoms with Crippen LogP contribution in [0.5, 0.6) is 0 Å². The summed E-state index contributed by atoms with van der Waals surface area (Å²) in [4.78, 5) is 25.6. The van der Waals surface area contributed by atoms with Crippen LogP contribution in [-0.2, 0) is 23.8 Å². The summed E-state index contributed by atoms with van der Waals surface area (Å²) in [5, 5.41) is 0. The molecular formula is C67H124O5. The maximum Gasteiger partial charge on any atom is 0.306 e. The highest BCUT2D eigenvalue weighted by Crippen LogP contribution is 2.17. The van der Waals surface area contributed by atoms with Crippen LogP contribution in [0.1, 0.15) is 342 Å². The summed E-state index contributed by atoms with van der Waals surface area (Å²) in [5.41, 5.74) is 0. The molecule has 0 spiro atoms. The molecule has 5 nitrogen and oxygen atoms in total. The van der Waals surface area contributed by atoms with Gasteiger partial charge in [0.05, 0.1) is 6.61 Å². The molecule has 0 heterocycles. The molecule has 72 heavy (non-hydrogen) atoms. The summed E-state index contributed by atoms with van der Waals surface area (Å²) >= 11 is 0. The van der Waals surface area contributed by atoms with Crippen LogP contribution in [0.4, 0.5) is 0 Å². The number of unbranched alkanes of at least 4 members (excludes halogenated alkanes) is 41. The van der Waals surface area contributed by atoms with Crippen LogP contribution in [0.25, 0.3) is 0 Å². The molecule has 0 aromatic heterocycles. The maximum absolute atomic E-state index is 12.9. The molecule has 422 valence electrons. The summed E-state index contributed by atoms with van der Waals surface area (Å²) in [5.74, 6) is -0.391. The molecule has 0 fully saturated rings. The molecule has 1 atom stereocenters. The van der Waals surface area contributed by atoms with Gasteiger partial charge in [0, 0.05) is 19.4 Å². The first kappa shape index (κ1) is 69.9. The van der Waals surface area contributed by atoms with Gasteiger partial charge in [-0.2, -0.15) is 0 Å². The van der Waals surface area contributed by atoms with Gasteiger partial charge in [-0.15, -0.1) is 0 Å². The smallest absolute Gasteiger partial charge is 0.306 e. The molecule has 0 aliphatic carbocycles. The fourth-order valence-corrected chi connectivity index (χ4v) is 9.52. The van der Waals surface area contributed by atoms with E-state index in [9.17, 15) is 9.59 Å². The molecule has 0 rings (SSSR count). The molecule has 0 aromatic carbocycles. The topological polar surface area (TPSA) is 61.8 Å². The van der Waals surface area contributed by atoms with E-state index in [1.165, 1.54) is 257 Å². The summed E-state index contributed by atoms with van der Waals surface area (Å²) in [7, 11) is 0. The van der Waals surface area contributed by atoms with Crippen molar-refractivity contribution in [3.63, 3.8) is 0 Å². The zero-order chi connectivity index (χ0) is 52.0. The van der Waals surface area contributed by atoms with Crippen LogP contribution in [0.3, 0.4) is 0 Å². The summed E-state index contributed by atoms with van der Waals surface area (Å²) in [6.45, 7) is 7.84. The Morgan fingerprint density at radius 3 is 0.944 bits per heavy atom. The van der Waals surface area contributed by atoms with Crippen molar-refractivity contribution in [2.24, 2.45) is 0 Å². The number of allylic oxidation sites excluding steroid dienone is 8. The van der Waals surface area contributed by atoms with E-state index in [-0.39, 0.29) is 25.2 Å². The van der Waals surface area contributed by atoms with Crippen LogP contribution in [-0.4, -0.2) is 37.9 Å². The number of hydrogen-bond acceptors (Lipinski definition) is 5. The number of carbonyl (C=O) groups excluding carboxylic acids is 2. The van der Waals surface area contributed by atoms with E-state index in [4.69, 9.17) is 14.2 Å². The average molecular weight is 1010 g/mol. The molecule has 5 heteroatoms. The molecular weight excluding hydrogens is 885 g/mol. The van der Waals surface area contributed by atoms with Gasteiger partial charge in [0.25, 0.3) is 0 Å². The quantitative estimate of drug-likeness (QED) is 0.0345. The van der Waals surface area contributed by atoms with Crippen molar-refractivity contribution in [1.29, 1.82) is 0 Å². The van der Waals surface area contributed by atoms with Crippen LogP contribution in [0.2, 0.25) is 0 Å². The van der Waals surface area contributed by atoms with E-state index in [2.05, 4.69) is 69.4 Å². The van der Waals surface area contributed by atoms with Gasteiger partial charge < -0.3 is 14.2 Å². The molecule has 0 radical (unpaired) electrons. The monoisotopic (exact) mass is 1010 g/mol. The lowest BCUT2D eigenvalue weighted by Gasteiger charge is -2.18. The van der Waals surface area contributed by atoms with Crippen LogP contribution >= 0.6 is 0 Å². The molecule has 0 aliphatic rings. The minimum atomic E-state index is -0.541. The van der Waals surface area contributed by atoms with Gasteiger partial charge in [0.2, 0.25) is 0 Å². The van der Waals surface area contributed by atoms with Crippen LogP contribution in [0.15, 0.2) is 48.6 Å². The predicted octanol–water partition coefficient (Wildman–Crippen LogP) is 22.2. The Morgan fingerprint density at radius 2 is 0.583 bits per heavy atom.